The number of ether oxygens (including phenoxy) is 1. The fraction of sp³-hybridized carbons (Fsp3) is 0.880. The SMILES string of the molecule is CCCCC/C=C\CCCCCC(CC(=O)NC(CO)C(O)CCCCCCCCCCC)OC(=O)CCCCCCC/C=C/CCCCCCCCCCC. The highest BCUT2D eigenvalue weighted by Crippen LogP contribution is 2.17. The molecule has 3 N–H and O–H groups in total. The molecule has 0 heterocycles. The Morgan fingerprint density at radius 3 is 1.32 bits per heavy atom. The Morgan fingerprint density at radius 1 is 0.500 bits per heavy atom. The molecule has 3 unspecified atom stereocenters. The second-order valence-electron chi connectivity index (χ2n) is 16.9. The quantitative estimate of drug-likeness (QED) is 0.0324. The number of aliphatic hydroxyl groups is 2. The number of nitrogens with one attached hydrogen (secondary N) is 1. The molecule has 0 aliphatic heterocycles. The summed E-state index contributed by atoms with van der Waals surface area (Å²) in [5, 5.41) is 23.6. The lowest BCUT2D eigenvalue weighted by molar-refractivity contribution is -0.151. The van der Waals surface area contributed by atoms with E-state index in [1.54, 1.807) is 0 Å². The molecule has 0 aromatic heterocycles. The minimum Gasteiger partial charge on any atom is -0.462 e. The van der Waals surface area contributed by atoms with Crippen molar-refractivity contribution < 1.29 is 24.5 Å². The first-order valence-corrected chi connectivity index (χ1v) is 24.6. The predicted molar refractivity (Wildman–Crippen MR) is 241 cm³/mol. The third kappa shape index (κ3) is 39.2. The summed E-state index contributed by atoms with van der Waals surface area (Å²) in [7, 11) is 0. The van der Waals surface area contributed by atoms with E-state index in [0.29, 0.717) is 19.3 Å². The van der Waals surface area contributed by atoms with Gasteiger partial charge in [0.1, 0.15) is 6.10 Å². The maximum Gasteiger partial charge on any atom is 0.306 e. The van der Waals surface area contributed by atoms with Crippen LogP contribution in [0.15, 0.2) is 24.3 Å². The topological polar surface area (TPSA) is 95.9 Å². The number of carbonyl (C=O) groups excluding carboxylic acids is 2. The monoisotopic (exact) mass is 790 g/mol. The van der Waals surface area contributed by atoms with E-state index >= 15 is 0 Å². The number of aliphatic hydroxyl groups excluding tert-OH is 2. The number of allylic oxidation sites excluding steroid dienone is 4. The van der Waals surface area contributed by atoms with Crippen LogP contribution in [0.4, 0.5) is 0 Å². The van der Waals surface area contributed by atoms with Gasteiger partial charge < -0.3 is 20.3 Å². The molecule has 1 amide bonds. The molecule has 0 aromatic carbocycles. The average molecular weight is 790 g/mol. The second kappa shape index (κ2) is 44.4. The third-order valence-corrected chi connectivity index (χ3v) is 11.3. The van der Waals surface area contributed by atoms with Crippen LogP contribution in [0.3, 0.4) is 0 Å². The summed E-state index contributed by atoms with van der Waals surface area (Å²) in [6.45, 7) is 6.43. The third-order valence-electron chi connectivity index (χ3n) is 11.3. The van der Waals surface area contributed by atoms with Gasteiger partial charge in [0.25, 0.3) is 0 Å². The molecule has 0 spiro atoms. The minimum atomic E-state index is -0.787. The van der Waals surface area contributed by atoms with Gasteiger partial charge in [-0.2, -0.15) is 0 Å². The van der Waals surface area contributed by atoms with Gasteiger partial charge in [0.05, 0.1) is 25.2 Å². The zero-order chi connectivity index (χ0) is 41.0. The molecule has 0 saturated carbocycles. The lowest BCUT2D eigenvalue weighted by Gasteiger charge is -2.24. The lowest BCUT2D eigenvalue weighted by Crippen LogP contribution is -2.46. The smallest absolute Gasteiger partial charge is 0.306 e. The van der Waals surface area contributed by atoms with Crippen LogP contribution in [0.1, 0.15) is 258 Å². The standard InChI is InChI=1S/C50H95NO5/c1-4-7-10-13-16-19-21-22-23-24-25-26-27-28-31-34-37-40-43-50(55)56-46(41-38-35-32-30-20-17-14-11-8-5-2)44-49(54)51-47(45-52)48(53)42-39-36-33-29-18-15-12-9-6-3/h17,20,25-26,46-48,52-53H,4-16,18-19,21-24,27-45H2,1-3H3,(H,51,54)/b20-17-,26-25+. The summed E-state index contributed by atoms with van der Waals surface area (Å²) in [5.41, 5.74) is 0. The van der Waals surface area contributed by atoms with Crippen molar-refractivity contribution in [3.05, 3.63) is 24.3 Å². The number of unbranched alkanes of at least 4 members (excludes halogenated alkanes) is 28. The predicted octanol–water partition coefficient (Wildman–Crippen LogP) is 14.3. The van der Waals surface area contributed by atoms with E-state index < -0.39 is 18.2 Å². The van der Waals surface area contributed by atoms with Crippen molar-refractivity contribution in [2.45, 2.75) is 277 Å². The van der Waals surface area contributed by atoms with E-state index in [2.05, 4.69) is 50.4 Å². The Morgan fingerprint density at radius 2 is 0.857 bits per heavy atom. The van der Waals surface area contributed by atoms with Gasteiger partial charge in [-0.1, -0.05) is 193 Å². The van der Waals surface area contributed by atoms with Gasteiger partial charge in [0.15, 0.2) is 0 Å². The molecule has 0 radical (unpaired) electrons. The Bertz CT molecular complexity index is 889. The number of amides is 1. The molecule has 6 heteroatoms. The Hall–Kier alpha value is -1.66. The molecule has 0 fully saturated rings. The van der Waals surface area contributed by atoms with Crippen molar-refractivity contribution in [3.8, 4) is 0 Å². The fourth-order valence-electron chi connectivity index (χ4n) is 7.48. The van der Waals surface area contributed by atoms with E-state index in [0.717, 1.165) is 77.0 Å². The van der Waals surface area contributed by atoms with E-state index in [4.69, 9.17) is 4.74 Å². The summed E-state index contributed by atoms with van der Waals surface area (Å²) < 4.78 is 5.90. The van der Waals surface area contributed by atoms with Gasteiger partial charge >= 0.3 is 5.97 Å². The van der Waals surface area contributed by atoms with Crippen LogP contribution in [0.5, 0.6) is 0 Å². The fourth-order valence-corrected chi connectivity index (χ4v) is 7.48. The highest BCUT2D eigenvalue weighted by Gasteiger charge is 2.24. The summed E-state index contributed by atoms with van der Waals surface area (Å²) in [6.07, 6.45) is 49.6. The molecule has 3 atom stereocenters. The molecule has 0 aliphatic carbocycles. The van der Waals surface area contributed by atoms with Crippen molar-refractivity contribution in [1.82, 2.24) is 5.32 Å². The average Bonchev–Trinajstić information content (AvgIpc) is 3.19. The highest BCUT2D eigenvalue weighted by molar-refractivity contribution is 5.77. The Balaban J connectivity index is 4.48. The molecule has 56 heavy (non-hydrogen) atoms. The molecule has 0 rings (SSSR count). The molecule has 0 bridgehead atoms. The van der Waals surface area contributed by atoms with Crippen LogP contribution in [0.25, 0.3) is 0 Å². The van der Waals surface area contributed by atoms with Crippen molar-refractivity contribution in [1.29, 1.82) is 0 Å². The summed E-state index contributed by atoms with van der Waals surface area (Å²) in [4.78, 5) is 26.0. The second-order valence-corrected chi connectivity index (χ2v) is 16.9. The van der Waals surface area contributed by atoms with Gasteiger partial charge in [-0.15, -0.1) is 0 Å². The van der Waals surface area contributed by atoms with Crippen molar-refractivity contribution in [2.75, 3.05) is 6.61 Å². The summed E-state index contributed by atoms with van der Waals surface area (Å²) >= 11 is 0. The Labute approximate surface area is 348 Å². The van der Waals surface area contributed by atoms with Gasteiger partial charge in [-0.05, 0) is 77.0 Å². The zero-order valence-corrected chi connectivity index (χ0v) is 37.5. The first-order chi connectivity index (χ1) is 27.5. The van der Waals surface area contributed by atoms with Gasteiger partial charge in [0.2, 0.25) is 5.91 Å². The highest BCUT2D eigenvalue weighted by atomic mass is 16.5. The van der Waals surface area contributed by atoms with E-state index in [9.17, 15) is 19.8 Å². The number of esters is 1. The molecule has 330 valence electrons. The molecule has 6 nitrogen and oxygen atoms in total. The number of carbonyl (C=O) groups is 2. The first-order valence-electron chi connectivity index (χ1n) is 24.6. The number of hydrogen-bond acceptors (Lipinski definition) is 5. The summed E-state index contributed by atoms with van der Waals surface area (Å²) in [6, 6.07) is -0.702. The van der Waals surface area contributed by atoms with Gasteiger partial charge in [-0.25, -0.2) is 0 Å². The number of rotatable bonds is 44. The van der Waals surface area contributed by atoms with E-state index in [-0.39, 0.29) is 24.9 Å². The number of hydrogen-bond donors (Lipinski definition) is 3. The lowest BCUT2D eigenvalue weighted by atomic mass is 10.0. The van der Waals surface area contributed by atoms with Crippen molar-refractivity contribution in [2.24, 2.45) is 0 Å². The van der Waals surface area contributed by atoms with Crippen molar-refractivity contribution >= 4 is 11.9 Å². The molecular formula is C50H95NO5. The van der Waals surface area contributed by atoms with Crippen LogP contribution in [-0.2, 0) is 14.3 Å². The first kappa shape index (κ1) is 54.3. The molecule has 0 aromatic rings. The van der Waals surface area contributed by atoms with Crippen LogP contribution < -0.4 is 5.32 Å². The molecule has 0 aliphatic rings. The van der Waals surface area contributed by atoms with Crippen molar-refractivity contribution in [3.63, 3.8) is 0 Å². The molecular weight excluding hydrogens is 695 g/mol. The molecule has 0 saturated heterocycles. The Kier molecular flexibility index (Phi) is 43.1. The zero-order valence-electron chi connectivity index (χ0n) is 37.5. The van der Waals surface area contributed by atoms with Gasteiger partial charge in [0, 0.05) is 6.42 Å². The van der Waals surface area contributed by atoms with E-state index in [1.807, 2.05) is 0 Å². The van der Waals surface area contributed by atoms with Gasteiger partial charge in [-0.3, -0.25) is 9.59 Å². The summed E-state index contributed by atoms with van der Waals surface area (Å²) in [5.74, 6) is -0.494. The maximum atomic E-state index is 13.1. The largest absolute Gasteiger partial charge is 0.462 e. The van der Waals surface area contributed by atoms with Crippen LogP contribution in [0, 0.1) is 0 Å². The minimum absolute atomic E-state index is 0.0664. The van der Waals surface area contributed by atoms with Crippen LogP contribution in [0.2, 0.25) is 0 Å². The van der Waals surface area contributed by atoms with Crippen LogP contribution >= 0.6 is 0 Å². The normalized spacial score (nSPS) is 13.4. The maximum absolute atomic E-state index is 13.1. The van der Waals surface area contributed by atoms with E-state index in [1.165, 1.54) is 135 Å². The van der Waals surface area contributed by atoms with Crippen LogP contribution in [-0.4, -0.2) is 46.9 Å².